The van der Waals surface area contributed by atoms with E-state index in [-0.39, 0.29) is 6.54 Å². The van der Waals surface area contributed by atoms with E-state index in [1.807, 2.05) is 61.5 Å². The Morgan fingerprint density at radius 2 is 1.81 bits per heavy atom. The lowest BCUT2D eigenvalue weighted by atomic mass is 9.94. The van der Waals surface area contributed by atoms with Crippen molar-refractivity contribution in [2.45, 2.75) is 12.5 Å². The van der Waals surface area contributed by atoms with E-state index in [0.717, 1.165) is 5.56 Å². The van der Waals surface area contributed by atoms with Gasteiger partial charge in [0.05, 0.1) is 6.54 Å². The molecule has 3 rings (SSSR count). The molecule has 4 heteroatoms. The van der Waals surface area contributed by atoms with Crippen LogP contribution in [0.2, 0.25) is 0 Å². The molecule has 0 saturated carbocycles. The molecule has 1 atom stereocenters. The molecule has 108 valence electrons. The maximum absolute atomic E-state index is 13.7. The van der Waals surface area contributed by atoms with Crippen molar-refractivity contribution in [3.05, 3.63) is 65.7 Å². The zero-order chi connectivity index (χ0) is 14.9. The fourth-order valence-corrected chi connectivity index (χ4v) is 2.53. The summed E-state index contributed by atoms with van der Waals surface area (Å²) in [6, 6.07) is 16.6. The van der Waals surface area contributed by atoms with E-state index >= 15 is 0 Å². The predicted molar refractivity (Wildman–Crippen MR) is 79.1 cm³/mol. The van der Waals surface area contributed by atoms with Crippen LogP contribution in [0, 0.1) is 6.92 Å². The minimum absolute atomic E-state index is 0.176. The quantitative estimate of drug-likeness (QED) is 0.858. The molecule has 2 aromatic rings. The van der Waals surface area contributed by atoms with E-state index in [1.165, 1.54) is 4.90 Å². The summed E-state index contributed by atoms with van der Waals surface area (Å²) < 4.78 is 19.1. The van der Waals surface area contributed by atoms with Crippen LogP contribution in [0.1, 0.15) is 11.1 Å². The Kier molecular flexibility index (Phi) is 3.37. The summed E-state index contributed by atoms with van der Waals surface area (Å²) in [7, 11) is 0. The van der Waals surface area contributed by atoms with E-state index in [4.69, 9.17) is 4.74 Å². The molecular formula is C17H16FNO2. The van der Waals surface area contributed by atoms with Gasteiger partial charge in [0.1, 0.15) is 6.67 Å². The number of rotatable bonds is 3. The Morgan fingerprint density at radius 3 is 2.43 bits per heavy atom. The molecule has 1 heterocycles. The minimum Gasteiger partial charge on any atom is -0.433 e. The van der Waals surface area contributed by atoms with Gasteiger partial charge in [-0.25, -0.2) is 9.18 Å². The van der Waals surface area contributed by atoms with Crippen molar-refractivity contribution in [1.29, 1.82) is 0 Å². The van der Waals surface area contributed by atoms with Crippen LogP contribution in [0.25, 0.3) is 0 Å². The van der Waals surface area contributed by atoms with Crippen molar-refractivity contribution >= 4 is 11.8 Å². The van der Waals surface area contributed by atoms with Crippen LogP contribution in [-0.2, 0) is 10.3 Å². The summed E-state index contributed by atoms with van der Waals surface area (Å²) in [5, 5.41) is 0. The van der Waals surface area contributed by atoms with Gasteiger partial charge < -0.3 is 4.74 Å². The van der Waals surface area contributed by atoms with Gasteiger partial charge in [-0.3, -0.25) is 4.90 Å². The molecule has 1 fully saturated rings. The highest BCUT2D eigenvalue weighted by atomic mass is 19.1. The molecule has 1 unspecified atom stereocenters. The summed E-state index contributed by atoms with van der Waals surface area (Å²) in [6.07, 6.45) is -0.514. The maximum Gasteiger partial charge on any atom is 0.415 e. The van der Waals surface area contributed by atoms with Crippen molar-refractivity contribution in [2.75, 3.05) is 18.1 Å². The third-order valence-electron chi connectivity index (χ3n) is 3.78. The number of hydrogen-bond donors (Lipinski definition) is 0. The number of carbonyl (C=O) groups excluding carboxylic acids is 1. The number of hydrogen-bond acceptors (Lipinski definition) is 2. The van der Waals surface area contributed by atoms with Gasteiger partial charge in [0, 0.05) is 11.3 Å². The van der Waals surface area contributed by atoms with Gasteiger partial charge in [0.25, 0.3) is 0 Å². The highest BCUT2D eigenvalue weighted by Crippen LogP contribution is 2.36. The van der Waals surface area contributed by atoms with Crippen LogP contribution in [0.5, 0.6) is 0 Å². The van der Waals surface area contributed by atoms with Gasteiger partial charge in [0.2, 0.25) is 0 Å². The number of halogens is 1. The molecule has 2 aromatic carbocycles. The highest BCUT2D eigenvalue weighted by Gasteiger charge is 2.47. The fourth-order valence-electron chi connectivity index (χ4n) is 2.53. The van der Waals surface area contributed by atoms with Crippen LogP contribution in [0.15, 0.2) is 54.6 Å². The number of ether oxygens (including phenoxy) is 1. The molecule has 3 nitrogen and oxygen atoms in total. The molecule has 0 N–H and O–H groups in total. The fraction of sp³-hybridized carbons (Fsp3) is 0.235. The van der Waals surface area contributed by atoms with Gasteiger partial charge in [-0.2, -0.15) is 0 Å². The molecule has 0 aromatic heterocycles. The lowest BCUT2D eigenvalue weighted by molar-refractivity contribution is 0.0323. The number of anilines is 1. The maximum atomic E-state index is 13.7. The van der Waals surface area contributed by atoms with Crippen LogP contribution in [0.4, 0.5) is 14.9 Å². The summed E-state index contributed by atoms with van der Waals surface area (Å²) in [5.41, 5.74) is 1.25. The molecule has 0 aliphatic carbocycles. The monoisotopic (exact) mass is 285 g/mol. The number of para-hydroxylation sites is 1. The number of nitrogens with zero attached hydrogens (tertiary/aromatic N) is 1. The largest absolute Gasteiger partial charge is 0.433 e. The Morgan fingerprint density at radius 1 is 1.14 bits per heavy atom. The van der Waals surface area contributed by atoms with Gasteiger partial charge in [-0.1, -0.05) is 48.0 Å². The predicted octanol–water partition coefficient (Wildman–Crippen LogP) is 3.82. The van der Waals surface area contributed by atoms with Crippen molar-refractivity contribution in [3.63, 3.8) is 0 Å². The van der Waals surface area contributed by atoms with Gasteiger partial charge in [-0.15, -0.1) is 0 Å². The minimum atomic E-state index is -1.22. The zero-order valence-electron chi connectivity index (χ0n) is 11.8. The van der Waals surface area contributed by atoms with E-state index in [1.54, 1.807) is 0 Å². The summed E-state index contributed by atoms with van der Waals surface area (Å²) in [4.78, 5) is 13.6. The average Bonchev–Trinajstić information content (AvgIpc) is 2.87. The second-order valence-corrected chi connectivity index (χ2v) is 5.28. The van der Waals surface area contributed by atoms with Crippen molar-refractivity contribution < 1.29 is 13.9 Å². The number of cyclic esters (lactones) is 1. The smallest absolute Gasteiger partial charge is 0.415 e. The first-order valence-electron chi connectivity index (χ1n) is 6.83. The first-order valence-corrected chi connectivity index (χ1v) is 6.83. The normalized spacial score (nSPS) is 21.4. The van der Waals surface area contributed by atoms with E-state index in [0.29, 0.717) is 11.3 Å². The third-order valence-corrected chi connectivity index (χ3v) is 3.78. The highest BCUT2D eigenvalue weighted by molar-refractivity contribution is 5.90. The molecular weight excluding hydrogens is 269 g/mol. The van der Waals surface area contributed by atoms with E-state index < -0.39 is 18.4 Å². The van der Waals surface area contributed by atoms with Crippen molar-refractivity contribution in [1.82, 2.24) is 0 Å². The first kappa shape index (κ1) is 13.6. The molecule has 1 aliphatic heterocycles. The molecule has 0 spiro atoms. The Bertz CT molecular complexity index is 642. The van der Waals surface area contributed by atoms with E-state index in [2.05, 4.69) is 0 Å². The van der Waals surface area contributed by atoms with Crippen molar-refractivity contribution in [2.24, 2.45) is 0 Å². The summed E-state index contributed by atoms with van der Waals surface area (Å²) in [6.45, 7) is 1.39. The number of aryl methyl sites for hydroxylation is 1. The Balaban J connectivity index is 1.95. The number of amides is 1. The molecule has 21 heavy (non-hydrogen) atoms. The van der Waals surface area contributed by atoms with Gasteiger partial charge >= 0.3 is 6.09 Å². The molecule has 0 bridgehead atoms. The summed E-state index contributed by atoms with van der Waals surface area (Å²) in [5.74, 6) is 0. The molecule has 1 amide bonds. The molecule has 0 radical (unpaired) electrons. The van der Waals surface area contributed by atoms with Crippen LogP contribution >= 0.6 is 0 Å². The second-order valence-electron chi connectivity index (χ2n) is 5.28. The van der Waals surface area contributed by atoms with Crippen LogP contribution < -0.4 is 4.90 Å². The summed E-state index contributed by atoms with van der Waals surface area (Å²) >= 11 is 0. The Hall–Kier alpha value is -2.36. The standard InChI is InChI=1S/C17H16FNO2/c1-13-7-9-14(10-8-13)17(11-18)12-19(16(20)21-17)15-5-3-2-4-6-15/h2-10H,11-12H2,1H3. The average molecular weight is 285 g/mol. The topological polar surface area (TPSA) is 29.5 Å². The number of alkyl halides is 1. The first-order chi connectivity index (χ1) is 10.1. The zero-order valence-corrected chi connectivity index (χ0v) is 11.8. The van der Waals surface area contributed by atoms with Crippen LogP contribution in [-0.4, -0.2) is 19.3 Å². The van der Waals surface area contributed by atoms with Crippen molar-refractivity contribution in [3.8, 4) is 0 Å². The second kappa shape index (κ2) is 5.20. The number of carbonyl (C=O) groups is 1. The lowest BCUT2D eigenvalue weighted by Crippen LogP contribution is -2.34. The Labute approximate surface area is 123 Å². The van der Waals surface area contributed by atoms with Gasteiger partial charge in [-0.05, 0) is 19.1 Å². The van der Waals surface area contributed by atoms with E-state index in [9.17, 15) is 9.18 Å². The third kappa shape index (κ3) is 2.37. The number of benzene rings is 2. The molecule has 1 saturated heterocycles. The lowest BCUT2D eigenvalue weighted by Gasteiger charge is -2.24. The van der Waals surface area contributed by atoms with Gasteiger partial charge in [0.15, 0.2) is 5.60 Å². The van der Waals surface area contributed by atoms with Crippen LogP contribution in [0.3, 0.4) is 0 Å². The molecule has 1 aliphatic rings. The SMILES string of the molecule is Cc1ccc(C2(CF)CN(c3ccccc3)C(=O)O2)cc1.